The van der Waals surface area contributed by atoms with Crippen molar-refractivity contribution in [1.82, 2.24) is 52.3 Å². The van der Waals surface area contributed by atoms with E-state index in [-0.39, 0.29) is 43.4 Å². The van der Waals surface area contributed by atoms with Crippen LogP contribution in [0.15, 0.2) is 48.5 Å². The summed E-state index contributed by atoms with van der Waals surface area (Å²) < 4.78 is 0. The lowest BCUT2D eigenvalue weighted by molar-refractivity contribution is -0.143. The molecule has 18 heteroatoms. The molecule has 0 saturated carbocycles. The first-order chi connectivity index (χ1) is 31.8. The van der Waals surface area contributed by atoms with Crippen LogP contribution in [-0.2, 0) is 46.4 Å². The predicted octanol–water partition coefficient (Wildman–Crippen LogP) is 0.346. The van der Waals surface area contributed by atoms with Crippen LogP contribution in [0.4, 0.5) is 0 Å². The molecule has 0 spiro atoms. The van der Waals surface area contributed by atoms with Crippen LogP contribution in [0.2, 0.25) is 0 Å². The van der Waals surface area contributed by atoms with Crippen LogP contribution < -0.4 is 42.5 Å². The summed E-state index contributed by atoms with van der Waals surface area (Å²) in [4.78, 5) is 97.6. The number of rotatable bonds is 20. The number of carbonyl (C=O) groups is 7. The summed E-state index contributed by atoms with van der Waals surface area (Å²) in [5.74, 6) is -3.01. The topological polar surface area (TPSA) is 242 Å². The Kier molecular flexibility index (Phi) is 18.1. The highest BCUT2D eigenvalue weighted by Crippen LogP contribution is 2.32. The molecular formula is C48H70N10O8. The van der Waals surface area contributed by atoms with Crippen LogP contribution in [0, 0.1) is 0 Å². The van der Waals surface area contributed by atoms with Crippen molar-refractivity contribution in [3.63, 3.8) is 0 Å². The van der Waals surface area contributed by atoms with Gasteiger partial charge in [-0.15, -0.1) is 0 Å². The van der Waals surface area contributed by atoms with Gasteiger partial charge in [0.15, 0.2) is 0 Å². The van der Waals surface area contributed by atoms with E-state index >= 15 is 0 Å². The second-order valence-electron chi connectivity index (χ2n) is 18.1. The number of nitrogens with one attached hydrogen (secondary N) is 8. The number of hydrogen-bond donors (Lipinski definition) is 9. The van der Waals surface area contributed by atoms with Crippen LogP contribution in [0.3, 0.4) is 0 Å². The third kappa shape index (κ3) is 12.7. The fraction of sp³-hybridized carbons (Fsp3) is 0.604. The van der Waals surface area contributed by atoms with Crippen molar-refractivity contribution in [3.8, 4) is 0 Å². The number of aliphatic hydroxyl groups excluding tert-OH is 1. The highest BCUT2D eigenvalue weighted by Gasteiger charge is 2.42. The van der Waals surface area contributed by atoms with Gasteiger partial charge in [-0.1, -0.05) is 48.5 Å². The van der Waals surface area contributed by atoms with E-state index in [1.807, 2.05) is 36.4 Å². The van der Waals surface area contributed by atoms with E-state index in [9.17, 15) is 38.7 Å². The van der Waals surface area contributed by atoms with Gasteiger partial charge in [0.2, 0.25) is 41.4 Å². The molecule has 2 fully saturated rings. The molecule has 0 aromatic heterocycles. The molecule has 4 aliphatic rings. The Balaban J connectivity index is 1.03. The minimum atomic E-state index is -1.36. The molecule has 9 unspecified atom stereocenters. The summed E-state index contributed by atoms with van der Waals surface area (Å²) >= 11 is 0. The number of amides is 7. The minimum Gasteiger partial charge on any atom is -0.376 e. The molecule has 2 aromatic carbocycles. The molecule has 9 atom stereocenters. The third-order valence-corrected chi connectivity index (χ3v) is 13.7. The highest BCUT2D eigenvalue weighted by atomic mass is 16.3. The Morgan fingerprint density at radius 3 is 1.71 bits per heavy atom. The molecule has 2 aromatic rings. The zero-order chi connectivity index (χ0) is 47.3. The second kappa shape index (κ2) is 23.8. The number of carbonyl (C=O) groups excluding carboxylic acids is 7. The maximum absolute atomic E-state index is 14.1. The summed E-state index contributed by atoms with van der Waals surface area (Å²) in [6, 6.07) is 10.7. The average Bonchev–Trinajstić information content (AvgIpc) is 4.03. The highest BCUT2D eigenvalue weighted by molar-refractivity contribution is 5.96. The summed E-state index contributed by atoms with van der Waals surface area (Å²) in [7, 11) is 3.22. The third-order valence-electron chi connectivity index (χ3n) is 13.7. The number of benzene rings is 2. The molecule has 2 heterocycles. The normalized spacial score (nSPS) is 22.6. The van der Waals surface area contributed by atoms with Crippen LogP contribution in [0.25, 0.3) is 0 Å². The number of likely N-dealkylation sites (tertiary alicyclic amines) is 2. The van der Waals surface area contributed by atoms with Gasteiger partial charge < -0.3 is 52.5 Å². The first kappa shape index (κ1) is 50.0. The Morgan fingerprint density at radius 2 is 1.14 bits per heavy atom. The van der Waals surface area contributed by atoms with Gasteiger partial charge in [0, 0.05) is 26.2 Å². The predicted molar refractivity (Wildman–Crippen MR) is 247 cm³/mol. The molecule has 9 N–H and O–H groups in total. The lowest BCUT2D eigenvalue weighted by Crippen LogP contribution is -2.59. The molecule has 7 amide bonds. The monoisotopic (exact) mass is 915 g/mol. The molecule has 6 rings (SSSR count). The van der Waals surface area contributed by atoms with Crippen molar-refractivity contribution in [2.45, 2.75) is 145 Å². The summed E-state index contributed by atoms with van der Waals surface area (Å²) in [6.07, 6.45) is 5.47. The molecule has 0 radical (unpaired) electrons. The van der Waals surface area contributed by atoms with Crippen LogP contribution in [0.5, 0.6) is 0 Å². The van der Waals surface area contributed by atoms with E-state index < -0.39 is 78.4 Å². The Bertz CT molecular complexity index is 2050. The number of nitrogens with zero attached hydrogens (tertiary/aromatic N) is 2. The molecule has 2 saturated heterocycles. The average molecular weight is 915 g/mol. The van der Waals surface area contributed by atoms with Crippen molar-refractivity contribution >= 4 is 41.4 Å². The van der Waals surface area contributed by atoms with Gasteiger partial charge in [-0.2, -0.15) is 0 Å². The van der Waals surface area contributed by atoms with Crippen LogP contribution in [0.1, 0.15) is 112 Å². The van der Waals surface area contributed by atoms with Gasteiger partial charge >= 0.3 is 0 Å². The van der Waals surface area contributed by atoms with Gasteiger partial charge in [-0.3, -0.25) is 38.5 Å². The number of hydrogen-bond acceptors (Lipinski definition) is 11. The fourth-order valence-electron chi connectivity index (χ4n) is 9.70. The molecule has 360 valence electrons. The van der Waals surface area contributed by atoms with Gasteiger partial charge in [0.1, 0.15) is 18.3 Å². The van der Waals surface area contributed by atoms with Crippen molar-refractivity contribution in [2.75, 3.05) is 40.3 Å². The Morgan fingerprint density at radius 1 is 0.636 bits per heavy atom. The second-order valence-corrected chi connectivity index (χ2v) is 18.1. The van der Waals surface area contributed by atoms with Gasteiger partial charge in [0.05, 0.1) is 49.1 Å². The van der Waals surface area contributed by atoms with E-state index in [1.54, 1.807) is 32.8 Å². The fourth-order valence-corrected chi connectivity index (χ4v) is 9.70. The largest absolute Gasteiger partial charge is 0.376 e. The zero-order valence-electron chi connectivity index (χ0n) is 38.8. The first-order valence-corrected chi connectivity index (χ1v) is 23.8. The van der Waals surface area contributed by atoms with Crippen molar-refractivity contribution in [1.29, 1.82) is 0 Å². The first-order valence-electron chi connectivity index (χ1n) is 23.8. The summed E-state index contributed by atoms with van der Waals surface area (Å²) in [6.45, 7) is 3.91. The van der Waals surface area contributed by atoms with E-state index in [0.717, 1.165) is 49.7 Å². The quantitative estimate of drug-likeness (QED) is 0.0822. The van der Waals surface area contributed by atoms with E-state index in [0.29, 0.717) is 38.8 Å². The smallest absolute Gasteiger partial charge is 0.246 e. The van der Waals surface area contributed by atoms with Gasteiger partial charge in [-0.25, -0.2) is 0 Å². The standard InChI is InChI=1S/C48H70N10O8/c1-29(49-3)43(61)55-37(47(65)57-25-11-21-39(57)45(63)53-35-19-9-15-31-13-5-7-17-33(31)35)27-41(59)51-23-24-52-42(60)28-38(56-44(62)30(2)50-4)48(66)58-26-12-22-40(58)46(64)54-36-20-10-16-32-14-6-8-18-34(32)36/h5-8,13-14,17-18,29-30,35-40,47,49-50,65H,9-12,15-16,19-28H2,1-4H3,(H,51,59)(H,52,60)(H,53,63)(H,54,64)(H,55,61)(H,56,62). The number of aryl methyl sites for hydroxylation is 2. The molecular weight excluding hydrogens is 845 g/mol. The van der Waals surface area contributed by atoms with E-state index in [4.69, 9.17) is 0 Å². The summed E-state index contributed by atoms with van der Waals surface area (Å²) in [5.41, 5.74) is 4.58. The lowest BCUT2D eigenvalue weighted by Gasteiger charge is -2.35. The number of fused-ring (bicyclic) bond motifs is 2. The van der Waals surface area contributed by atoms with Crippen molar-refractivity contribution in [2.24, 2.45) is 0 Å². The molecule has 2 aliphatic carbocycles. The molecule has 66 heavy (non-hydrogen) atoms. The Labute approximate surface area is 387 Å². The van der Waals surface area contributed by atoms with Gasteiger partial charge in [-0.05, 0) is 114 Å². The van der Waals surface area contributed by atoms with E-state index in [1.165, 1.54) is 16.0 Å². The van der Waals surface area contributed by atoms with Crippen molar-refractivity contribution < 1.29 is 38.7 Å². The SMILES string of the molecule is CNC(C)C(=O)NC(CC(=O)NCCNC(=O)CC(NC(=O)C(C)NC)C(O)N1CCCC1C(=O)NC1CCCc2ccccc21)C(=O)N1CCCC1C(=O)NC1CCCc2ccccc21. The molecule has 2 aliphatic heterocycles. The zero-order valence-corrected chi connectivity index (χ0v) is 38.8. The van der Waals surface area contributed by atoms with Crippen molar-refractivity contribution in [3.05, 3.63) is 70.8 Å². The number of likely N-dealkylation sites (N-methyl/N-ethyl adjacent to an activating group) is 2. The number of aliphatic hydroxyl groups is 1. The Hall–Kier alpha value is -5.43. The molecule has 18 nitrogen and oxygen atoms in total. The van der Waals surface area contributed by atoms with Crippen LogP contribution in [-0.4, -0.2) is 139 Å². The lowest BCUT2D eigenvalue weighted by atomic mass is 9.87. The van der Waals surface area contributed by atoms with Crippen LogP contribution >= 0.6 is 0 Å². The maximum atomic E-state index is 14.1. The molecule has 0 bridgehead atoms. The van der Waals surface area contributed by atoms with E-state index in [2.05, 4.69) is 54.7 Å². The minimum absolute atomic E-state index is 0.0215. The maximum Gasteiger partial charge on any atom is 0.246 e. The van der Waals surface area contributed by atoms with Gasteiger partial charge in [0.25, 0.3) is 0 Å². The summed E-state index contributed by atoms with van der Waals surface area (Å²) in [5, 5.41) is 34.8.